The smallest absolute Gasteiger partial charge is 0.297 e. The number of likely N-dealkylation sites (tertiary alicyclic amines) is 1. The van der Waals surface area contributed by atoms with Crippen molar-refractivity contribution in [3.05, 3.63) is 54.4 Å². The summed E-state index contributed by atoms with van der Waals surface area (Å²) < 4.78 is 16.9. The molecule has 4 aromatic rings. The van der Waals surface area contributed by atoms with E-state index in [1.165, 1.54) is 0 Å². The summed E-state index contributed by atoms with van der Waals surface area (Å²) in [4.78, 5) is 25.2. The molecular formula is C24H25N5O4. The number of carbonyl (C=O) groups excluding carboxylic acids is 1. The van der Waals surface area contributed by atoms with E-state index in [9.17, 15) is 4.79 Å². The first-order chi connectivity index (χ1) is 16.1. The zero-order valence-electron chi connectivity index (χ0n) is 18.6. The molecule has 1 amide bonds. The number of nitrogens with zero attached hydrogens (tertiary/aromatic N) is 5. The molecule has 0 N–H and O–H groups in total. The molecule has 5 rings (SSSR count). The van der Waals surface area contributed by atoms with Gasteiger partial charge >= 0.3 is 0 Å². The molecule has 0 atom stereocenters. The average Bonchev–Trinajstić information content (AvgIpc) is 3.50. The Labute approximate surface area is 190 Å². The highest BCUT2D eigenvalue weighted by Gasteiger charge is 2.28. The monoisotopic (exact) mass is 447 g/mol. The fourth-order valence-electron chi connectivity index (χ4n) is 3.89. The number of hydrogen-bond donors (Lipinski definition) is 0. The van der Waals surface area contributed by atoms with Crippen LogP contribution in [0.3, 0.4) is 0 Å². The first-order valence-electron chi connectivity index (χ1n) is 10.9. The van der Waals surface area contributed by atoms with Crippen LogP contribution in [0.25, 0.3) is 22.5 Å². The lowest BCUT2D eigenvalue weighted by Gasteiger charge is -2.30. The summed E-state index contributed by atoms with van der Waals surface area (Å²) >= 11 is 0. The topological polar surface area (TPSA) is 97.7 Å². The molecule has 0 aliphatic carbocycles. The van der Waals surface area contributed by atoms with Crippen molar-refractivity contribution in [2.24, 2.45) is 0 Å². The number of carbonyl (C=O) groups is 1. The fourth-order valence-corrected chi connectivity index (χ4v) is 3.89. The van der Waals surface area contributed by atoms with Gasteiger partial charge in [0.2, 0.25) is 11.7 Å². The number of ether oxygens (including phenoxy) is 1. The highest BCUT2D eigenvalue weighted by atomic mass is 16.5. The predicted molar refractivity (Wildman–Crippen MR) is 122 cm³/mol. The van der Waals surface area contributed by atoms with Crippen LogP contribution < -0.4 is 9.64 Å². The Bertz CT molecular complexity index is 1240. The third-order valence-corrected chi connectivity index (χ3v) is 5.76. The van der Waals surface area contributed by atoms with E-state index >= 15 is 0 Å². The van der Waals surface area contributed by atoms with Gasteiger partial charge in [-0.05, 0) is 43.2 Å². The molecular weight excluding hydrogens is 422 g/mol. The molecule has 0 bridgehead atoms. The van der Waals surface area contributed by atoms with Crippen LogP contribution in [0.15, 0.2) is 57.5 Å². The van der Waals surface area contributed by atoms with Crippen molar-refractivity contribution in [1.29, 1.82) is 0 Å². The second-order valence-electron chi connectivity index (χ2n) is 8.29. The van der Waals surface area contributed by atoms with Crippen LogP contribution in [0.1, 0.15) is 24.7 Å². The van der Waals surface area contributed by atoms with Crippen molar-refractivity contribution < 1.29 is 18.5 Å². The van der Waals surface area contributed by atoms with Gasteiger partial charge in [0.15, 0.2) is 12.2 Å². The second kappa shape index (κ2) is 8.93. The van der Waals surface area contributed by atoms with Gasteiger partial charge in [-0.3, -0.25) is 4.79 Å². The maximum absolute atomic E-state index is 12.5. The average molecular weight is 447 g/mol. The number of aromatic nitrogens is 3. The largest absolute Gasteiger partial charge is 0.484 e. The van der Waals surface area contributed by atoms with Crippen molar-refractivity contribution in [2.75, 3.05) is 38.7 Å². The molecule has 1 aliphatic heterocycles. The van der Waals surface area contributed by atoms with E-state index in [-0.39, 0.29) is 18.4 Å². The number of rotatable bonds is 6. The predicted octanol–water partition coefficient (Wildman–Crippen LogP) is 3.73. The minimum absolute atomic E-state index is 0.0125. The van der Waals surface area contributed by atoms with Gasteiger partial charge in [0.1, 0.15) is 11.3 Å². The van der Waals surface area contributed by atoms with Crippen LogP contribution in [0.4, 0.5) is 6.01 Å². The summed E-state index contributed by atoms with van der Waals surface area (Å²) in [6, 6.07) is 15.6. The number of para-hydroxylation sites is 1. The normalized spacial score (nSPS) is 14.5. The summed E-state index contributed by atoms with van der Waals surface area (Å²) in [5, 5.41) is 4.17. The number of anilines is 1. The maximum Gasteiger partial charge on any atom is 0.297 e. The van der Waals surface area contributed by atoms with Crippen molar-refractivity contribution >= 4 is 23.0 Å². The van der Waals surface area contributed by atoms with E-state index in [1.54, 1.807) is 0 Å². The molecule has 33 heavy (non-hydrogen) atoms. The van der Waals surface area contributed by atoms with Crippen molar-refractivity contribution in [3.8, 4) is 17.1 Å². The molecule has 0 unspecified atom stereocenters. The Morgan fingerprint density at radius 3 is 2.67 bits per heavy atom. The van der Waals surface area contributed by atoms with Crippen LogP contribution in [0.2, 0.25) is 0 Å². The third-order valence-electron chi connectivity index (χ3n) is 5.76. The zero-order valence-corrected chi connectivity index (χ0v) is 18.6. The van der Waals surface area contributed by atoms with Crippen molar-refractivity contribution in [3.63, 3.8) is 0 Å². The third kappa shape index (κ3) is 4.52. The van der Waals surface area contributed by atoms with E-state index < -0.39 is 0 Å². The summed E-state index contributed by atoms with van der Waals surface area (Å²) in [6.07, 6.45) is 1.54. The van der Waals surface area contributed by atoms with Gasteiger partial charge in [0.25, 0.3) is 11.9 Å². The molecule has 3 heterocycles. The number of benzene rings is 2. The Kier molecular flexibility index (Phi) is 5.68. The lowest BCUT2D eigenvalue weighted by atomic mass is 9.97. The van der Waals surface area contributed by atoms with Crippen LogP contribution >= 0.6 is 0 Å². The molecule has 0 saturated carbocycles. The molecule has 0 spiro atoms. The van der Waals surface area contributed by atoms with Gasteiger partial charge < -0.3 is 23.5 Å². The Morgan fingerprint density at radius 2 is 1.91 bits per heavy atom. The summed E-state index contributed by atoms with van der Waals surface area (Å²) in [6.45, 7) is 1.31. The van der Waals surface area contributed by atoms with Gasteiger partial charge in [-0.1, -0.05) is 23.4 Å². The summed E-state index contributed by atoms with van der Waals surface area (Å²) in [5.41, 5.74) is 2.27. The first kappa shape index (κ1) is 21.0. The molecule has 1 aliphatic rings. The van der Waals surface area contributed by atoms with Crippen LogP contribution in [0.5, 0.6) is 5.75 Å². The molecule has 2 aromatic carbocycles. The molecule has 1 fully saturated rings. The zero-order chi connectivity index (χ0) is 22.8. The molecule has 0 radical (unpaired) electrons. The summed E-state index contributed by atoms with van der Waals surface area (Å²) in [5.74, 6) is 1.94. The van der Waals surface area contributed by atoms with Gasteiger partial charge in [-0.25, -0.2) is 0 Å². The highest BCUT2D eigenvalue weighted by Crippen LogP contribution is 2.30. The van der Waals surface area contributed by atoms with Crippen molar-refractivity contribution in [2.45, 2.75) is 18.8 Å². The van der Waals surface area contributed by atoms with E-state index in [2.05, 4.69) is 15.1 Å². The number of oxazole rings is 1. The van der Waals surface area contributed by atoms with Gasteiger partial charge in [-0.2, -0.15) is 9.97 Å². The van der Waals surface area contributed by atoms with Gasteiger partial charge in [0.05, 0.1) is 0 Å². The van der Waals surface area contributed by atoms with E-state index in [4.69, 9.17) is 13.7 Å². The van der Waals surface area contributed by atoms with E-state index in [0.717, 1.165) is 23.9 Å². The Hall–Kier alpha value is -3.88. The van der Waals surface area contributed by atoms with Gasteiger partial charge in [-0.15, -0.1) is 0 Å². The quantitative estimate of drug-likeness (QED) is 0.441. The van der Waals surface area contributed by atoms with Crippen LogP contribution in [-0.2, 0) is 4.79 Å². The first-order valence-corrected chi connectivity index (χ1v) is 10.9. The number of fused-ring (bicyclic) bond motifs is 1. The lowest BCUT2D eigenvalue weighted by molar-refractivity contribution is -0.134. The standard InChI is InChI=1S/C24H25N5O4/c1-28(2)24-25-19-14-17(8-9-20(19)32-24)22-26-23(33-27-22)16-10-12-29(13-11-16)21(30)15-31-18-6-4-3-5-7-18/h3-9,14,16H,10-13,15H2,1-2H3. The van der Waals surface area contributed by atoms with E-state index in [1.807, 2.05) is 72.4 Å². The summed E-state index contributed by atoms with van der Waals surface area (Å²) in [7, 11) is 3.76. The molecule has 170 valence electrons. The molecule has 9 nitrogen and oxygen atoms in total. The minimum Gasteiger partial charge on any atom is -0.484 e. The van der Waals surface area contributed by atoms with Gasteiger partial charge in [0, 0.05) is 38.7 Å². The number of amides is 1. The number of hydrogen-bond acceptors (Lipinski definition) is 8. The lowest BCUT2D eigenvalue weighted by Crippen LogP contribution is -2.40. The van der Waals surface area contributed by atoms with E-state index in [0.29, 0.717) is 42.2 Å². The molecule has 2 aromatic heterocycles. The SMILES string of the molecule is CN(C)c1nc2cc(-c3noc(C4CCN(C(=O)COc5ccccc5)CC4)n3)ccc2o1. The Balaban J connectivity index is 1.19. The molecule has 1 saturated heterocycles. The number of piperidine rings is 1. The van der Waals surface area contributed by atoms with Crippen LogP contribution in [-0.4, -0.2) is 59.7 Å². The fraction of sp³-hybridized carbons (Fsp3) is 0.333. The maximum atomic E-state index is 12.5. The second-order valence-corrected chi connectivity index (χ2v) is 8.29. The Morgan fingerprint density at radius 1 is 1.12 bits per heavy atom. The molecule has 9 heteroatoms. The minimum atomic E-state index is -0.0125. The van der Waals surface area contributed by atoms with Crippen molar-refractivity contribution in [1.82, 2.24) is 20.0 Å². The van der Waals surface area contributed by atoms with Crippen LogP contribution in [0, 0.1) is 0 Å². The highest BCUT2D eigenvalue weighted by molar-refractivity contribution is 5.80.